The molecule has 0 saturated carbocycles. The molecule has 0 aliphatic carbocycles. The van der Waals surface area contributed by atoms with Crippen LogP contribution in [0, 0.1) is 20.8 Å². The van der Waals surface area contributed by atoms with Crippen molar-refractivity contribution in [2.24, 2.45) is 4.99 Å². The highest BCUT2D eigenvalue weighted by Gasteiger charge is 2.25. The number of guanidine groups is 1. The molecule has 0 unspecified atom stereocenters. The van der Waals surface area contributed by atoms with Crippen LogP contribution in [0.15, 0.2) is 58.3 Å². The monoisotopic (exact) mass is 401 g/mol. The number of hydrogen-bond donors (Lipinski definition) is 2. The van der Waals surface area contributed by atoms with Crippen molar-refractivity contribution in [3.05, 3.63) is 86.8 Å². The van der Waals surface area contributed by atoms with Crippen LogP contribution in [-0.4, -0.2) is 15.5 Å². The van der Waals surface area contributed by atoms with Gasteiger partial charge in [0, 0.05) is 17.4 Å². The quantitative estimate of drug-likeness (QED) is 0.665. The van der Waals surface area contributed by atoms with Crippen molar-refractivity contribution in [2.75, 3.05) is 10.6 Å². The molecule has 2 heterocycles. The van der Waals surface area contributed by atoms with Gasteiger partial charge in [-0.05, 0) is 55.0 Å². The molecular weight excluding hydrogens is 374 g/mol. The van der Waals surface area contributed by atoms with Gasteiger partial charge < -0.3 is 5.32 Å². The Bertz CT molecular complexity index is 1180. The molecule has 0 amide bonds. The van der Waals surface area contributed by atoms with E-state index in [0.29, 0.717) is 23.5 Å². The minimum absolute atomic E-state index is 0.127. The van der Waals surface area contributed by atoms with Gasteiger partial charge in [-0.3, -0.25) is 14.7 Å². The lowest BCUT2D eigenvalue weighted by molar-refractivity contribution is 0.577. The van der Waals surface area contributed by atoms with Crippen LogP contribution in [0.4, 0.5) is 11.6 Å². The number of fused-ring (bicyclic) bond motifs is 1. The number of aryl methyl sites for hydroxylation is 2. The summed E-state index contributed by atoms with van der Waals surface area (Å²) in [6.07, 6.45) is -0.490. The van der Waals surface area contributed by atoms with Gasteiger partial charge in [-0.15, -0.1) is 0 Å². The molecule has 2 N–H and O–H groups in total. The molecule has 1 aromatic heterocycles. The van der Waals surface area contributed by atoms with Gasteiger partial charge in [0.05, 0.1) is 0 Å². The number of rotatable bonds is 3. The zero-order valence-corrected chi connectivity index (χ0v) is 18.0. The third-order valence-electron chi connectivity index (χ3n) is 5.57. The number of nitrogens with one attached hydrogen (secondary N) is 2. The van der Waals surface area contributed by atoms with E-state index in [0.717, 1.165) is 16.8 Å². The van der Waals surface area contributed by atoms with E-state index < -0.39 is 6.17 Å². The van der Waals surface area contributed by atoms with Gasteiger partial charge >= 0.3 is 0 Å². The molecule has 3 aromatic rings. The van der Waals surface area contributed by atoms with Crippen LogP contribution in [0.1, 0.15) is 53.9 Å². The van der Waals surface area contributed by atoms with E-state index in [4.69, 9.17) is 4.99 Å². The molecule has 0 spiro atoms. The fraction of sp³-hybridized carbons (Fsp3) is 0.292. The van der Waals surface area contributed by atoms with Gasteiger partial charge in [-0.2, -0.15) is 0 Å². The van der Waals surface area contributed by atoms with Crippen molar-refractivity contribution in [3.8, 4) is 0 Å². The molecule has 30 heavy (non-hydrogen) atoms. The number of nitrogens with zero attached hydrogens (tertiary/aromatic N) is 3. The highest BCUT2D eigenvalue weighted by atomic mass is 16.1. The normalized spacial score (nSPS) is 15.4. The first kappa shape index (κ1) is 19.9. The zero-order valence-electron chi connectivity index (χ0n) is 18.0. The second-order valence-corrected chi connectivity index (χ2v) is 8.10. The fourth-order valence-electron chi connectivity index (χ4n) is 3.60. The predicted molar refractivity (Wildman–Crippen MR) is 123 cm³/mol. The molecule has 2 aromatic carbocycles. The van der Waals surface area contributed by atoms with Crippen molar-refractivity contribution < 1.29 is 0 Å². The second-order valence-electron chi connectivity index (χ2n) is 8.10. The maximum absolute atomic E-state index is 12.8. The van der Waals surface area contributed by atoms with E-state index in [1.165, 1.54) is 11.1 Å². The molecule has 0 saturated heterocycles. The standard InChI is InChI=1S/C24H27N5O/c1-14(2)18-9-11-19(12-10-18)22-27-23(26-20-8-6-7-15(3)17(20)5)28-24-25-16(4)13-21(30)29(22)24/h6-14,22H,1-5H3,(H2,25,26,27,28)/t22-/m0/s1. The first-order valence-corrected chi connectivity index (χ1v) is 10.2. The number of hydrogen-bond acceptors (Lipinski definition) is 5. The zero-order chi connectivity index (χ0) is 21.4. The van der Waals surface area contributed by atoms with Crippen molar-refractivity contribution in [2.45, 2.75) is 46.7 Å². The third-order valence-corrected chi connectivity index (χ3v) is 5.57. The molecular formula is C24H27N5O. The minimum atomic E-state index is -0.490. The Kier molecular flexibility index (Phi) is 5.16. The summed E-state index contributed by atoms with van der Waals surface area (Å²) in [5.74, 6) is 1.50. The summed E-state index contributed by atoms with van der Waals surface area (Å²) in [5, 5.41) is 6.58. The summed E-state index contributed by atoms with van der Waals surface area (Å²) in [6.45, 7) is 10.3. The summed E-state index contributed by atoms with van der Waals surface area (Å²) >= 11 is 0. The highest BCUT2D eigenvalue weighted by Crippen LogP contribution is 2.28. The van der Waals surface area contributed by atoms with Gasteiger partial charge in [0.25, 0.3) is 5.56 Å². The van der Waals surface area contributed by atoms with E-state index in [-0.39, 0.29) is 5.56 Å². The highest BCUT2D eigenvalue weighted by molar-refractivity contribution is 6.04. The average molecular weight is 402 g/mol. The molecule has 0 bridgehead atoms. The molecule has 154 valence electrons. The molecule has 4 rings (SSSR count). The molecule has 6 nitrogen and oxygen atoms in total. The molecule has 1 atom stereocenters. The molecule has 1 aliphatic rings. The van der Waals surface area contributed by atoms with Crippen LogP contribution in [0.25, 0.3) is 0 Å². The average Bonchev–Trinajstić information content (AvgIpc) is 2.70. The van der Waals surface area contributed by atoms with Crippen molar-refractivity contribution >= 4 is 17.6 Å². The summed E-state index contributed by atoms with van der Waals surface area (Å²) in [7, 11) is 0. The van der Waals surface area contributed by atoms with Gasteiger partial charge in [-0.1, -0.05) is 50.2 Å². The molecule has 0 fully saturated rings. The summed E-state index contributed by atoms with van der Waals surface area (Å²) in [6, 6.07) is 15.9. The van der Waals surface area contributed by atoms with E-state index in [2.05, 4.69) is 61.5 Å². The lowest BCUT2D eigenvalue weighted by Crippen LogP contribution is -2.37. The predicted octanol–water partition coefficient (Wildman–Crippen LogP) is 4.73. The second kappa shape index (κ2) is 7.78. The summed E-state index contributed by atoms with van der Waals surface area (Å²) < 4.78 is 1.60. The van der Waals surface area contributed by atoms with Gasteiger partial charge in [-0.25, -0.2) is 9.98 Å². The summed E-state index contributed by atoms with van der Waals surface area (Å²) in [5.41, 5.74) is 6.05. The topological polar surface area (TPSA) is 71.3 Å². The van der Waals surface area contributed by atoms with Crippen LogP contribution in [-0.2, 0) is 0 Å². The van der Waals surface area contributed by atoms with Gasteiger partial charge in [0.15, 0.2) is 6.17 Å². The number of benzene rings is 2. The van der Waals surface area contributed by atoms with Crippen molar-refractivity contribution in [3.63, 3.8) is 0 Å². The maximum atomic E-state index is 12.8. The first-order valence-electron chi connectivity index (χ1n) is 10.2. The SMILES string of the molecule is Cc1cc(=O)n2c(n1)NC(Nc1cccc(C)c1C)=N[C@@H]2c1ccc(C(C)C)cc1. The Hall–Kier alpha value is -3.41. The van der Waals surface area contributed by atoms with E-state index in [1.807, 2.05) is 31.2 Å². The van der Waals surface area contributed by atoms with E-state index in [1.54, 1.807) is 10.6 Å². The Morgan fingerprint density at radius 1 is 1.07 bits per heavy atom. The largest absolute Gasteiger partial charge is 0.326 e. The fourth-order valence-corrected chi connectivity index (χ4v) is 3.60. The lowest BCUT2D eigenvalue weighted by atomic mass is 10.0. The molecule has 0 radical (unpaired) electrons. The minimum Gasteiger partial charge on any atom is -0.326 e. The Labute approximate surface area is 176 Å². The van der Waals surface area contributed by atoms with Gasteiger partial charge in [0.1, 0.15) is 0 Å². The Morgan fingerprint density at radius 3 is 2.50 bits per heavy atom. The van der Waals surface area contributed by atoms with Crippen LogP contribution in [0.2, 0.25) is 0 Å². The van der Waals surface area contributed by atoms with E-state index in [9.17, 15) is 4.79 Å². The molecule has 6 heteroatoms. The number of aliphatic imine (C=N–C) groups is 1. The molecule has 1 aliphatic heterocycles. The lowest BCUT2D eigenvalue weighted by Gasteiger charge is -2.27. The Morgan fingerprint density at radius 2 is 1.80 bits per heavy atom. The van der Waals surface area contributed by atoms with Crippen LogP contribution in [0.3, 0.4) is 0 Å². The van der Waals surface area contributed by atoms with Crippen LogP contribution in [0.5, 0.6) is 0 Å². The van der Waals surface area contributed by atoms with Crippen LogP contribution < -0.4 is 16.2 Å². The van der Waals surface area contributed by atoms with Crippen molar-refractivity contribution in [1.82, 2.24) is 9.55 Å². The van der Waals surface area contributed by atoms with E-state index >= 15 is 0 Å². The Balaban J connectivity index is 1.79. The number of aromatic nitrogens is 2. The van der Waals surface area contributed by atoms with Gasteiger partial charge in [0.2, 0.25) is 11.9 Å². The first-order chi connectivity index (χ1) is 14.3. The maximum Gasteiger partial charge on any atom is 0.257 e. The summed E-state index contributed by atoms with van der Waals surface area (Å²) in [4.78, 5) is 22.2. The van der Waals surface area contributed by atoms with Crippen LogP contribution >= 0.6 is 0 Å². The number of anilines is 2. The van der Waals surface area contributed by atoms with Crippen molar-refractivity contribution in [1.29, 1.82) is 0 Å². The third kappa shape index (κ3) is 3.73. The smallest absolute Gasteiger partial charge is 0.257 e.